The molecular weight excluding hydrogens is 368 g/mol. The summed E-state index contributed by atoms with van der Waals surface area (Å²) in [5.74, 6) is 0.845. The molecule has 0 aliphatic carbocycles. The van der Waals surface area contributed by atoms with Crippen LogP contribution in [-0.4, -0.2) is 55.5 Å². The monoisotopic (exact) mass is 390 g/mol. The largest absolute Gasteiger partial charge is 0.477 e. The van der Waals surface area contributed by atoms with Crippen molar-refractivity contribution in [3.05, 3.63) is 42.6 Å². The van der Waals surface area contributed by atoms with E-state index >= 15 is 0 Å². The van der Waals surface area contributed by atoms with Gasteiger partial charge in [0.2, 0.25) is 5.88 Å². The third-order valence-electron chi connectivity index (χ3n) is 4.70. The first-order valence-electron chi connectivity index (χ1n) is 8.70. The van der Waals surface area contributed by atoms with Gasteiger partial charge in [-0.15, -0.1) is 0 Å². The second-order valence-corrected chi connectivity index (χ2v) is 8.72. The van der Waals surface area contributed by atoms with Crippen LogP contribution in [-0.2, 0) is 9.84 Å². The lowest BCUT2D eigenvalue weighted by Gasteiger charge is -2.29. The lowest BCUT2D eigenvalue weighted by molar-refractivity contribution is 0.111. The van der Waals surface area contributed by atoms with Gasteiger partial charge in [0.15, 0.2) is 9.84 Å². The zero-order valence-corrected chi connectivity index (χ0v) is 15.9. The Balaban J connectivity index is 1.55. The number of ether oxygens (including phenoxy) is 1. The van der Waals surface area contributed by atoms with Crippen LogP contribution in [0.3, 0.4) is 0 Å². The number of nitrogens with zero attached hydrogens (tertiary/aromatic N) is 2. The number of sulfone groups is 1. The summed E-state index contributed by atoms with van der Waals surface area (Å²) in [5, 5.41) is 8.96. The quantitative estimate of drug-likeness (QED) is 0.843. The summed E-state index contributed by atoms with van der Waals surface area (Å²) in [7, 11) is -3.21. The number of amides is 1. The minimum Gasteiger partial charge on any atom is -0.477 e. The molecule has 1 amide bonds. The standard InChI is InChI=1S/C19H22N2O5S/c1-27(24,25)17-5-2-15(3-6-17)16-4-7-18(20-12-16)26-13-14-8-10-21(11-9-14)19(22)23/h2-7,12,14H,8-11,13H2,1H3,(H,22,23). The minimum absolute atomic E-state index is 0.285. The van der Waals surface area contributed by atoms with Gasteiger partial charge in [0.25, 0.3) is 0 Å². The molecule has 1 aromatic heterocycles. The molecule has 1 fully saturated rings. The van der Waals surface area contributed by atoms with Crippen molar-refractivity contribution in [2.75, 3.05) is 26.0 Å². The molecular formula is C19H22N2O5S. The Bertz CT molecular complexity index is 887. The van der Waals surface area contributed by atoms with Crippen LogP contribution in [0.5, 0.6) is 5.88 Å². The summed E-state index contributed by atoms with van der Waals surface area (Å²) in [6.45, 7) is 1.60. The molecule has 0 spiro atoms. The molecule has 0 saturated carbocycles. The molecule has 1 aliphatic rings. The van der Waals surface area contributed by atoms with Crippen LogP contribution in [0.2, 0.25) is 0 Å². The molecule has 144 valence electrons. The molecule has 0 bridgehead atoms. The number of carboxylic acid groups (broad SMARTS) is 1. The fourth-order valence-corrected chi connectivity index (χ4v) is 3.66. The highest BCUT2D eigenvalue weighted by Crippen LogP contribution is 2.23. The summed E-state index contributed by atoms with van der Waals surface area (Å²) in [4.78, 5) is 16.9. The molecule has 1 saturated heterocycles. The first-order valence-corrected chi connectivity index (χ1v) is 10.6. The number of hydrogen-bond donors (Lipinski definition) is 1. The van der Waals surface area contributed by atoms with Gasteiger partial charge in [-0.05, 0) is 42.5 Å². The second kappa shape index (κ2) is 7.96. The Morgan fingerprint density at radius 3 is 2.30 bits per heavy atom. The molecule has 2 aromatic rings. The van der Waals surface area contributed by atoms with E-state index in [9.17, 15) is 13.2 Å². The number of rotatable bonds is 5. The van der Waals surface area contributed by atoms with Gasteiger partial charge in [-0.1, -0.05) is 12.1 Å². The van der Waals surface area contributed by atoms with Crippen LogP contribution in [0.1, 0.15) is 12.8 Å². The Morgan fingerprint density at radius 2 is 1.78 bits per heavy atom. The highest BCUT2D eigenvalue weighted by molar-refractivity contribution is 7.90. The van der Waals surface area contributed by atoms with Gasteiger partial charge < -0.3 is 14.7 Å². The van der Waals surface area contributed by atoms with Crippen LogP contribution in [0.15, 0.2) is 47.5 Å². The number of benzene rings is 1. The van der Waals surface area contributed by atoms with Gasteiger partial charge in [-0.3, -0.25) is 0 Å². The highest BCUT2D eigenvalue weighted by atomic mass is 32.2. The van der Waals surface area contributed by atoms with E-state index in [2.05, 4.69) is 4.98 Å². The maximum atomic E-state index is 11.5. The van der Waals surface area contributed by atoms with Crippen molar-refractivity contribution in [1.82, 2.24) is 9.88 Å². The van der Waals surface area contributed by atoms with Gasteiger partial charge in [0, 0.05) is 37.2 Å². The van der Waals surface area contributed by atoms with Crippen molar-refractivity contribution in [3.8, 4) is 17.0 Å². The van der Waals surface area contributed by atoms with E-state index in [0.29, 0.717) is 31.5 Å². The van der Waals surface area contributed by atoms with E-state index in [1.54, 1.807) is 36.5 Å². The van der Waals surface area contributed by atoms with E-state index in [0.717, 1.165) is 24.0 Å². The molecule has 0 atom stereocenters. The molecule has 1 N–H and O–H groups in total. The molecule has 0 radical (unpaired) electrons. The number of likely N-dealkylation sites (tertiary alicyclic amines) is 1. The summed E-state index contributed by atoms with van der Waals surface area (Å²) < 4.78 is 28.8. The van der Waals surface area contributed by atoms with Gasteiger partial charge >= 0.3 is 6.09 Å². The number of hydrogen-bond acceptors (Lipinski definition) is 5. The number of aromatic nitrogens is 1. The molecule has 8 heteroatoms. The lowest BCUT2D eigenvalue weighted by atomic mass is 9.98. The minimum atomic E-state index is -3.21. The summed E-state index contributed by atoms with van der Waals surface area (Å²) in [6, 6.07) is 10.3. The van der Waals surface area contributed by atoms with Crippen molar-refractivity contribution in [2.24, 2.45) is 5.92 Å². The average Bonchev–Trinajstić information content (AvgIpc) is 2.66. The van der Waals surface area contributed by atoms with E-state index in [1.807, 2.05) is 6.07 Å². The van der Waals surface area contributed by atoms with Crippen LogP contribution >= 0.6 is 0 Å². The smallest absolute Gasteiger partial charge is 0.407 e. The number of piperidine rings is 1. The Kier molecular flexibility index (Phi) is 5.65. The Labute approximate surface area is 158 Å². The lowest BCUT2D eigenvalue weighted by Crippen LogP contribution is -2.38. The fraction of sp³-hybridized carbons (Fsp3) is 0.368. The first-order chi connectivity index (χ1) is 12.8. The SMILES string of the molecule is CS(=O)(=O)c1ccc(-c2ccc(OCC3CCN(C(=O)O)CC3)nc2)cc1. The zero-order valence-electron chi connectivity index (χ0n) is 15.0. The van der Waals surface area contributed by atoms with Crippen LogP contribution in [0.4, 0.5) is 4.79 Å². The second-order valence-electron chi connectivity index (χ2n) is 6.71. The summed E-state index contributed by atoms with van der Waals surface area (Å²) >= 11 is 0. The van der Waals surface area contributed by atoms with Crippen LogP contribution in [0.25, 0.3) is 11.1 Å². The fourth-order valence-electron chi connectivity index (χ4n) is 3.03. The average molecular weight is 390 g/mol. The predicted octanol–water partition coefficient (Wildman–Crippen LogP) is 2.92. The Morgan fingerprint density at radius 1 is 1.15 bits per heavy atom. The summed E-state index contributed by atoms with van der Waals surface area (Å²) in [6.07, 6.45) is 3.59. The molecule has 7 nitrogen and oxygen atoms in total. The molecule has 2 heterocycles. The molecule has 1 aromatic carbocycles. The number of pyridine rings is 1. The maximum absolute atomic E-state index is 11.5. The molecule has 1 aliphatic heterocycles. The van der Waals surface area contributed by atoms with Crippen molar-refractivity contribution >= 4 is 15.9 Å². The van der Waals surface area contributed by atoms with Gasteiger partial charge in [0.1, 0.15) is 0 Å². The van der Waals surface area contributed by atoms with Gasteiger partial charge in [0.05, 0.1) is 11.5 Å². The Hall–Kier alpha value is -2.61. The molecule has 27 heavy (non-hydrogen) atoms. The van der Waals surface area contributed by atoms with E-state index in [1.165, 1.54) is 11.2 Å². The normalized spacial score (nSPS) is 15.5. The third-order valence-corrected chi connectivity index (χ3v) is 5.83. The number of carbonyl (C=O) groups is 1. The highest BCUT2D eigenvalue weighted by Gasteiger charge is 2.22. The van der Waals surface area contributed by atoms with Crippen molar-refractivity contribution in [2.45, 2.75) is 17.7 Å². The van der Waals surface area contributed by atoms with E-state index in [-0.39, 0.29) is 4.90 Å². The summed E-state index contributed by atoms with van der Waals surface area (Å²) in [5.41, 5.74) is 1.75. The van der Waals surface area contributed by atoms with Crippen LogP contribution in [0, 0.1) is 5.92 Å². The first kappa shape index (κ1) is 19.2. The predicted molar refractivity (Wildman–Crippen MR) is 101 cm³/mol. The van der Waals surface area contributed by atoms with Gasteiger partial charge in [-0.2, -0.15) is 0 Å². The molecule has 0 unspecified atom stereocenters. The van der Waals surface area contributed by atoms with Crippen molar-refractivity contribution < 1.29 is 23.1 Å². The molecule has 3 rings (SSSR count). The zero-order chi connectivity index (χ0) is 19.4. The van der Waals surface area contributed by atoms with Crippen molar-refractivity contribution in [1.29, 1.82) is 0 Å². The van der Waals surface area contributed by atoms with Crippen molar-refractivity contribution in [3.63, 3.8) is 0 Å². The topological polar surface area (TPSA) is 96.8 Å². The maximum Gasteiger partial charge on any atom is 0.407 e. The van der Waals surface area contributed by atoms with Crippen LogP contribution < -0.4 is 4.74 Å². The van der Waals surface area contributed by atoms with Gasteiger partial charge in [-0.25, -0.2) is 18.2 Å². The third kappa shape index (κ3) is 4.97. The van der Waals surface area contributed by atoms with E-state index in [4.69, 9.17) is 9.84 Å². The van der Waals surface area contributed by atoms with E-state index < -0.39 is 15.9 Å².